The van der Waals surface area contributed by atoms with E-state index in [1.54, 1.807) is 12.1 Å². The topological polar surface area (TPSA) is 54.4 Å². The van der Waals surface area contributed by atoms with Crippen LogP contribution in [0.5, 0.6) is 0 Å². The summed E-state index contributed by atoms with van der Waals surface area (Å²) >= 11 is 0. The average molecular weight is 290 g/mol. The summed E-state index contributed by atoms with van der Waals surface area (Å²) in [7, 11) is -3.20. The molecule has 4 heteroatoms. The Morgan fingerprint density at radius 2 is 1.40 bits per heavy atom. The van der Waals surface area contributed by atoms with Crippen molar-refractivity contribution in [3.8, 4) is 0 Å². The van der Waals surface area contributed by atoms with Crippen molar-refractivity contribution >= 4 is 9.84 Å². The molecule has 106 valence electrons. The van der Waals surface area contributed by atoms with Gasteiger partial charge in [-0.1, -0.05) is 43.3 Å². The summed E-state index contributed by atoms with van der Waals surface area (Å²) in [6.07, 6.45) is 1.39. The van der Waals surface area contributed by atoms with Crippen molar-refractivity contribution < 1.29 is 13.5 Å². The van der Waals surface area contributed by atoms with Crippen LogP contribution in [0.1, 0.15) is 29.7 Å². The first kappa shape index (κ1) is 14.8. The third-order valence-corrected chi connectivity index (χ3v) is 4.46. The van der Waals surface area contributed by atoms with E-state index in [1.807, 2.05) is 24.3 Å². The van der Waals surface area contributed by atoms with Gasteiger partial charge in [0.2, 0.25) is 0 Å². The largest absolute Gasteiger partial charge is 0.384 e. The van der Waals surface area contributed by atoms with Crippen LogP contribution in [0, 0.1) is 0 Å². The highest BCUT2D eigenvalue weighted by Crippen LogP contribution is 2.23. The van der Waals surface area contributed by atoms with E-state index >= 15 is 0 Å². The molecule has 0 aromatic heterocycles. The molecule has 0 aliphatic heterocycles. The summed E-state index contributed by atoms with van der Waals surface area (Å²) in [5.41, 5.74) is 2.70. The van der Waals surface area contributed by atoms with Crippen LogP contribution in [0.2, 0.25) is 0 Å². The van der Waals surface area contributed by atoms with Gasteiger partial charge in [0.25, 0.3) is 0 Å². The standard InChI is InChI=1S/C16H18O3S/c1-3-12-4-6-13(7-5-12)16(17)14-8-10-15(11-9-14)20(2,18)19/h4-11,16-17H,3H2,1-2H3. The summed E-state index contributed by atoms with van der Waals surface area (Å²) in [6.45, 7) is 2.08. The van der Waals surface area contributed by atoms with Crippen LogP contribution < -0.4 is 0 Å². The molecule has 2 aromatic rings. The first-order valence-electron chi connectivity index (χ1n) is 6.48. The number of aryl methyl sites for hydroxylation is 1. The zero-order valence-corrected chi connectivity index (χ0v) is 12.4. The second-order valence-corrected chi connectivity index (χ2v) is 6.85. The molecular formula is C16H18O3S. The molecule has 2 rings (SSSR count). The minimum atomic E-state index is -3.20. The molecule has 0 spiro atoms. The number of benzene rings is 2. The molecule has 1 N–H and O–H groups in total. The summed E-state index contributed by atoms with van der Waals surface area (Å²) in [4.78, 5) is 0.259. The van der Waals surface area contributed by atoms with E-state index in [1.165, 1.54) is 24.0 Å². The van der Waals surface area contributed by atoms with E-state index < -0.39 is 15.9 Å². The van der Waals surface area contributed by atoms with Crippen LogP contribution >= 0.6 is 0 Å². The lowest BCUT2D eigenvalue weighted by Crippen LogP contribution is -2.02. The van der Waals surface area contributed by atoms with Gasteiger partial charge in [-0.2, -0.15) is 0 Å². The van der Waals surface area contributed by atoms with Crippen molar-refractivity contribution in [2.45, 2.75) is 24.3 Å². The predicted molar refractivity (Wildman–Crippen MR) is 79.4 cm³/mol. The summed E-state index contributed by atoms with van der Waals surface area (Å²) in [5.74, 6) is 0. The molecule has 1 unspecified atom stereocenters. The fourth-order valence-corrected chi connectivity index (χ4v) is 2.66. The fourth-order valence-electron chi connectivity index (χ4n) is 2.03. The van der Waals surface area contributed by atoms with Gasteiger partial charge in [0.15, 0.2) is 9.84 Å². The number of rotatable bonds is 4. The number of sulfone groups is 1. The highest BCUT2D eigenvalue weighted by atomic mass is 32.2. The molecular weight excluding hydrogens is 272 g/mol. The van der Waals surface area contributed by atoms with Gasteiger partial charge in [-0.05, 0) is 35.2 Å². The maximum Gasteiger partial charge on any atom is 0.175 e. The second-order valence-electron chi connectivity index (χ2n) is 4.84. The first-order valence-corrected chi connectivity index (χ1v) is 8.38. The van der Waals surface area contributed by atoms with Gasteiger partial charge >= 0.3 is 0 Å². The Labute approximate surface area is 119 Å². The van der Waals surface area contributed by atoms with Gasteiger partial charge < -0.3 is 5.11 Å². The maximum absolute atomic E-state index is 11.4. The third kappa shape index (κ3) is 3.26. The molecule has 0 radical (unpaired) electrons. The second kappa shape index (κ2) is 5.77. The van der Waals surface area contributed by atoms with Gasteiger partial charge in [0.05, 0.1) is 4.90 Å². The Morgan fingerprint density at radius 3 is 1.80 bits per heavy atom. The molecule has 0 amide bonds. The Kier molecular flexibility index (Phi) is 4.26. The lowest BCUT2D eigenvalue weighted by atomic mass is 10.00. The number of aliphatic hydroxyl groups excluding tert-OH is 1. The highest BCUT2D eigenvalue weighted by Gasteiger charge is 2.12. The normalized spacial score (nSPS) is 13.2. The van der Waals surface area contributed by atoms with Gasteiger partial charge in [-0.25, -0.2) is 8.42 Å². The quantitative estimate of drug-likeness (QED) is 0.942. The smallest absolute Gasteiger partial charge is 0.175 e. The van der Waals surface area contributed by atoms with Crippen LogP contribution in [-0.2, 0) is 16.3 Å². The van der Waals surface area contributed by atoms with Crippen molar-refractivity contribution in [3.63, 3.8) is 0 Å². The summed E-state index contributed by atoms with van der Waals surface area (Å²) in [6, 6.07) is 14.1. The van der Waals surface area contributed by atoms with Crippen molar-refractivity contribution in [2.24, 2.45) is 0 Å². The monoisotopic (exact) mass is 290 g/mol. The molecule has 0 bridgehead atoms. The lowest BCUT2D eigenvalue weighted by Gasteiger charge is -2.12. The van der Waals surface area contributed by atoms with E-state index in [2.05, 4.69) is 6.92 Å². The van der Waals surface area contributed by atoms with Gasteiger partial charge in [-0.3, -0.25) is 0 Å². The number of hydrogen-bond donors (Lipinski definition) is 1. The molecule has 3 nitrogen and oxygen atoms in total. The zero-order chi connectivity index (χ0) is 14.8. The molecule has 1 atom stereocenters. The molecule has 0 saturated heterocycles. The SMILES string of the molecule is CCc1ccc(C(O)c2ccc(S(C)(=O)=O)cc2)cc1. The van der Waals surface area contributed by atoms with E-state index in [4.69, 9.17) is 0 Å². The molecule has 0 aliphatic carbocycles. The Hall–Kier alpha value is -1.65. The third-order valence-electron chi connectivity index (χ3n) is 3.33. The maximum atomic E-state index is 11.4. The van der Waals surface area contributed by atoms with Crippen molar-refractivity contribution in [1.29, 1.82) is 0 Å². The predicted octanol–water partition coefficient (Wildman–Crippen LogP) is 2.73. The van der Waals surface area contributed by atoms with Gasteiger partial charge in [0.1, 0.15) is 6.10 Å². The first-order chi connectivity index (χ1) is 9.41. The van der Waals surface area contributed by atoms with Gasteiger partial charge in [-0.15, -0.1) is 0 Å². The van der Waals surface area contributed by atoms with Crippen molar-refractivity contribution in [3.05, 3.63) is 65.2 Å². The zero-order valence-electron chi connectivity index (χ0n) is 11.6. The molecule has 2 aromatic carbocycles. The van der Waals surface area contributed by atoms with Gasteiger partial charge in [0, 0.05) is 6.26 Å². The Bertz CT molecular complexity index is 671. The number of hydrogen-bond acceptors (Lipinski definition) is 3. The van der Waals surface area contributed by atoms with E-state index in [-0.39, 0.29) is 4.90 Å². The number of aliphatic hydroxyl groups is 1. The summed E-state index contributed by atoms with van der Waals surface area (Å²) in [5, 5.41) is 10.3. The Morgan fingerprint density at radius 1 is 0.950 bits per heavy atom. The average Bonchev–Trinajstić information content (AvgIpc) is 2.46. The molecule has 0 fully saturated rings. The molecule has 0 aliphatic rings. The summed E-state index contributed by atoms with van der Waals surface area (Å²) < 4.78 is 22.8. The molecule has 0 heterocycles. The van der Waals surface area contributed by atoms with E-state index in [9.17, 15) is 13.5 Å². The van der Waals surface area contributed by atoms with E-state index in [0.29, 0.717) is 5.56 Å². The van der Waals surface area contributed by atoms with Crippen LogP contribution in [0.3, 0.4) is 0 Å². The van der Waals surface area contributed by atoms with Crippen LogP contribution in [-0.4, -0.2) is 19.8 Å². The minimum absolute atomic E-state index is 0.259. The van der Waals surface area contributed by atoms with Crippen molar-refractivity contribution in [1.82, 2.24) is 0 Å². The Balaban J connectivity index is 2.26. The van der Waals surface area contributed by atoms with Crippen LogP contribution in [0.15, 0.2) is 53.4 Å². The highest BCUT2D eigenvalue weighted by molar-refractivity contribution is 7.90. The fraction of sp³-hybridized carbons (Fsp3) is 0.250. The van der Waals surface area contributed by atoms with E-state index in [0.717, 1.165) is 12.0 Å². The lowest BCUT2D eigenvalue weighted by molar-refractivity contribution is 0.220. The van der Waals surface area contributed by atoms with Crippen molar-refractivity contribution in [2.75, 3.05) is 6.26 Å². The molecule has 0 saturated carbocycles. The van der Waals surface area contributed by atoms with Crippen LogP contribution in [0.4, 0.5) is 0 Å². The molecule has 20 heavy (non-hydrogen) atoms. The minimum Gasteiger partial charge on any atom is -0.384 e. The van der Waals surface area contributed by atoms with Crippen LogP contribution in [0.25, 0.3) is 0 Å².